The third kappa shape index (κ3) is 4.77. The Bertz CT molecular complexity index is 444. The molecule has 1 saturated heterocycles. The zero-order valence-electron chi connectivity index (χ0n) is 13.1. The Morgan fingerprint density at radius 3 is 2.81 bits per heavy atom. The molecule has 1 aliphatic heterocycles. The molecule has 0 saturated carbocycles. The molecule has 1 aromatic rings. The molecule has 0 spiro atoms. The molecule has 0 radical (unpaired) electrons. The summed E-state index contributed by atoms with van der Waals surface area (Å²) in [6.45, 7) is 6.13. The molecule has 0 bridgehead atoms. The van der Waals surface area contributed by atoms with Crippen LogP contribution in [0.5, 0.6) is 0 Å². The summed E-state index contributed by atoms with van der Waals surface area (Å²) in [7, 11) is 1.71. The maximum Gasteiger partial charge on any atom is 0.123 e. The lowest BCUT2D eigenvalue weighted by Gasteiger charge is -2.38. The maximum absolute atomic E-state index is 13.5. The van der Waals surface area contributed by atoms with Crippen molar-refractivity contribution in [3.8, 4) is 0 Å². The quantitative estimate of drug-likeness (QED) is 0.785. The van der Waals surface area contributed by atoms with Crippen LogP contribution < -0.4 is 5.32 Å². The Labute approximate surface area is 126 Å². The van der Waals surface area contributed by atoms with Crippen LogP contribution in [0, 0.1) is 18.2 Å². The van der Waals surface area contributed by atoms with Gasteiger partial charge in [-0.3, -0.25) is 0 Å². The smallest absolute Gasteiger partial charge is 0.123 e. The Balaban J connectivity index is 2.06. The van der Waals surface area contributed by atoms with Gasteiger partial charge in [-0.15, -0.1) is 0 Å². The van der Waals surface area contributed by atoms with E-state index in [1.54, 1.807) is 13.2 Å². The average Bonchev–Trinajstić information content (AvgIpc) is 2.49. The SMILES string of the molecule is COCCNCC1(Cc2cc(F)ccc2C)CCOCC1. The minimum atomic E-state index is -0.148. The molecular weight excluding hydrogens is 269 g/mol. The maximum atomic E-state index is 13.5. The number of ether oxygens (including phenoxy) is 2. The highest BCUT2D eigenvalue weighted by Crippen LogP contribution is 2.34. The molecule has 1 N–H and O–H groups in total. The van der Waals surface area contributed by atoms with Gasteiger partial charge in [0, 0.05) is 33.4 Å². The van der Waals surface area contributed by atoms with Gasteiger partial charge in [0.15, 0.2) is 0 Å². The van der Waals surface area contributed by atoms with Gasteiger partial charge in [-0.25, -0.2) is 4.39 Å². The molecule has 1 fully saturated rings. The minimum Gasteiger partial charge on any atom is -0.383 e. The highest BCUT2D eigenvalue weighted by atomic mass is 19.1. The van der Waals surface area contributed by atoms with Crippen LogP contribution >= 0.6 is 0 Å². The number of methoxy groups -OCH3 is 1. The first-order valence-corrected chi connectivity index (χ1v) is 7.68. The molecule has 1 heterocycles. The molecule has 0 unspecified atom stereocenters. The van der Waals surface area contributed by atoms with E-state index < -0.39 is 0 Å². The van der Waals surface area contributed by atoms with Gasteiger partial charge in [-0.2, -0.15) is 0 Å². The van der Waals surface area contributed by atoms with Crippen molar-refractivity contribution in [2.75, 3.05) is 40.0 Å². The van der Waals surface area contributed by atoms with E-state index in [0.717, 1.165) is 51.1 Å². The van der Waals surface area contributed by atoms with Crippen molar-refractivity contribution in [1.82, 2.24) is 5.32 Å². The Morgan fingerprint density at radius 1 is 1.33 bits per heavy atom. The van der Waals surface area contributed by atoms with Crippen LogP contribution in [0.15, 0.2) is 18.2 Å². The fourth-order valence-corrected chi connectivity index (χ4v) is 2.98. The minimum absolute atomic E-state index is 0.148. The van der Waals surface area contributed by atoms with Gasteiger partial charge < -0.3 is 14.8 Å². The Morgan fingerprint density at radius 2 is 2.10 bits per heavy atom. The lowest BCUT2D eigenvalue weighted by Crippen LogP contribution is -2.41. The average molecular weight is 295 g/mol. The monoisotopic (exact) mass is 295 g/mol. The van der Waals surface area contributed by atoms with Gasteiger partial charge in [0.2, 0.25) is 0 Å². The lowest BCUT2D eigenvalue weighted by molar-refractivity contribution is 0.0142. The van der Waals surface area contributed by atoms with E-state index in [1.807, 2.05) is 6.07 Å². The second-order valence-electron chi connectivity index (χ2n) is 6.03. The van der Waals surface area contributed by atoms with Gasteiger partial charge in [0.05, 0.1) is 6.61 Å². The van der Waals surface area contributed by atoms with Crippen LogP contribution in [0.4, 0.5) is 4.39 Å². The van der Waals surface area contributed by atoms with Crippen LogP contribution in [0.25, 0.3) is 0 Å². The number of aryl methyl sites for hydroxylation is 1. The van der Waals surface area contributed by atoms with E-state index in [4.69, 9.17) is 9.47 Å². The molecule has 2 rings (SSSR count). The summed E-state index contributed by atoms with van der Waals surface area (Å²) >= 11 is 0. The molecule has 0 amide bonds. The van der Waals surface area contributed by atoms with Crippen molar-refractivity contribution in [3.63, 3.8) is 0 Å². The van der Waals surface area contributed by atoms with Crippen LogP contribution in [0.1, 0.15) is 24.0 Å². The van der Waals surface area contributed by atoms with Crippen LogP contribution in [0.3, 0.4) is 0 Å². The number of nitrogens with one attached hydrogen (secondary N) is 1. The second kappa shape index (κ2) is 7.87. The fraction of sp³-hybridized carbons (Fsp3) is 0.647. The Hall–Kier alpha value is -0.970. The summed E-state index contributed by atoms with van der Waals surface area (Å²) in [5.74, 6) is -0.148. The van der Waals surface area contributed by atoms with Crippen molar-refractivity contribution in [3.05, 3.63) is 35.1 Å². The van der Waals surface area contributed by atoms with Gasteiger partial charge in [0.25, 0.3) is 0 Å². The summed E-state index contributed by atoms with van der Waals surface area (Å²) in [5.41, 5.74) is 2.44. The summed E-state index contributed by atoms with van der Waals surface area (Å²) in [4.78, 5) is 0. The summed E-state index contributed by atoms with van der Waals surface area (Å²) in [5, 5.41) is 3.48. The largest absolute Gasteiger partial charge is 0.383 e. The van der Waals surface area contributed by atoms with E-state index in [0.29, 0.717) is 6.61 Å². The zero-order valence-corrected chi connectivity index (χ0v) is 13.1. The predicted octanol–water partition coefficient (Wildman–Crippen LogP) is 2.71. The first-order chi connectivity index (χ1) is 10.2. The number of benzene rings is 1. The van der Waals surface area contributed by atoms with Crippen LogP contribution in [-0.4, -0.2) is 40.0 Å². The second-order valence-corrected chi connectivity index (χ2v) is 6.03. The third-order valence-electron chi connectivity index (χ3n) is 4.41. The van der Waals surface area contributed by atoms with Crippen molar-refractivity contribution in [1.29, 1.82) is 0 Å². The molecule has 0 aromatic heterocycles. The van der Waals surface area contributed by atoms with Crippen molar-refractivity contribution in [2.45, 2.75) is 26.2 Å². The molecule has 21 heavy (non-hydrogen) atoms. The molecule has 3 nitrogen and oxygen atoms in total. The molecular formula is C17H26FNO2. The molecule has 118 valence electrons. The van der Waals surface area contributed by atoms with Crippen LogP contribution in [0.2, 0.25) is 0 Å². The van der Waals surface area contributed by atoms with Gasteiger partial charge in [0.1, 0.15) is 5.82 Å². The number of hydrogen-bond donors (Lipinski definition) is 1. The van der Waals surface area contributed by atoms with Gasteiger partial charge in [-0.1, -0.05) is 6.07 Å². The van der Waals surface area contributed by atoms with Gasteiger partial charge in [-0.05, 0) is 54.9 Å². The summed E-state index contributed by atoms with van der Waals surface area (Å²) < 4.78 is 24.1. The standard InChI is InChI=1S/C17H26FNO2/c1-14-3-4-16(18)11-15(14)12-17(5-8-21-9-6-17)13-19-7-10-20-2/h3-4,11,19H,5-10,12-13H2,1-2H3. The Kier molecular flexibility index (Phi) is 6.15. The van der Waals surface area contributed by atoms with E-state index in [9.17, 15) is 4.39 Å². The first kappa shape index (κ1) is 16.4. The van der Waals surface area contributed by atoms with Gasteiger partial charge >= 0.3 is 0 Å². The van der Waals surface area contributed by atoms with E-state index in [1.165, 1.54) is 11.6 Å². The van der Waals surface area contributed by atoms with E-state index >= 15 is 0 Å². The summed E-state index contributed by atoms with van der Waals surface area (Å²) in [6, 6.07) is 5.09. The number of halogens is 1. The normalized spacial score (nSPS) is 17.9. The molecule has 0 atom stereocenters. The molecule has 1 aromatic carbocycles. The number of hydrogen-bond acceptors (Lipinski definition) is 3. The molecule has 0 aliphatic carbocycles. The van der Waals surface area contributed by atoms with Crippen molar-refractivity contribution < 1.29 is 13.9 Å². The van der Waals surface area contributed by atoms with Crippen molar-refractivity contribution >= 4 is 0 Å². The lowest BCUT2D eigenvalue weighted by atomic mass is 9.74. The predicted molar refractivity (Wildman–Crippen MR) is 82.1 cm³/mol. The summed E-state index contributed by atoms with van der Waals surface area (Å²) in [6.07, 6.45) is 2.94. The topological polar surface area (TPSA) is 30.5 Å². The third-order valence-corrected chi connectivity index (χ3v) is 4.41. The van der Waals surface area contributed by atoms with Crippen molar-refractivity contribution in [2.24, 2.45) is 5.41 Å². The first-order valence-electron chi connectivity index (χ1n) is 7.68. The van der Waals surface area contributed by atoms with E-state index in [2.05, 4.69) is 12.2 Å². The number of rotatable bonds is 7. The molecule has 1 aliphatic rings. The van der Waals surface area contributed by atoms with E-state index in [-0.39, 0.29) is 11.2 Å². The fourth-order valence-electron chi connectivity index (χ4n) is 2.98. The highest BCUT2D eigenvalue weighted by molar-refractivity contribution is 5.28. The highest BCUT2D eigenvalue weighted by Gasteiger charge is 2.32. The van der Waals surface area contributed by atoms with Crippen LogP contribution in [-0.2, 0) is 15.9 Å². The zero-order chi connectivity index (χ0) is 15.1. The molecule has 4 heteroatoms.